The first kappa shape index (κ1) is 19.3. The SMILES string of the molecule is COc1cc(COC(=O)c2ccn(-c3ccccc3F)n2)ccc1OC(F)F. The van der Waals surface area contributed by atoms with Gasteiger partial charge in [-0.05, 0) is 35.9 Å². The number of aromatic nitrogens is 2. The summed E-state index contributed by atoms with van der Waals surface area (Å²) in [5, 5.41) is 4.01. The molecule has 9 heteroatoms. The lowest BCUT2D eigenvalue weighted by Gasteiger charge is -2.11. The lowest BCUT2D eigenvalue weighted by molar-refractivity contribution is -0.0512. The first-order chi connectivity index (χ1) is 13.5. The molecule has 0 fully saturated rings. The Bertz CT molecular complexity index is 975. The van der Waals surface area contributed by atoms with E-state index in [1.165, 1.54) is 54.4 Å². The monoisotopic (exact) mass is 392 g/mol. The molecule has 1 aromatic heterocycles. The molecule has 0 aliphatic heterocycles. The van der Waals surface area contributed by atoms with E-state index in [0.717, 1.165) is 0 Å². The summed E-state index contributed by atoms with van der Waals surface area (Å²) in [4.78, 5) is 12.2. The van der Waals surface area contributed by atoms with Crippen LogP contribution in [0.5, 0.6) is 11.5 Å². The van der Waals surface area contributed by atoms with Gasteiger partial charge in [-0.25, -0.2) is 13.9 Å². The van der Waals surface area contributed by atoms with Gasteiger partial charge in [0.05, 0.1) is 7.11 Å². The van der Waals surface area contributed by atoms with Gasteiger partial charge in [0, 0.05) is 6.20 Å². The van der Waals surface area contributed by atoms with Gasteiger partial charge in [0.15, 0.2) is 17.2 Å². The Labute approximate surface area is 158 Å². The van der Waals surface area contributed by atoms with Gasteiger partial charge in [0.25, 0.3) is 0 Å². The molecule has 6 nitrogen and oxygen atoms in total. The van der Waals surface area contributed by atoms with Crippen LogP contribution in [-0.2, 0) is 11.3 Å². The second-order valence-electron chi connectivity index (χ2n) is 5.54. The van der Waals surface area contributed by atoms with Crippen LogP contribution in [0.3, 0.4) is 0 Å². The van der Waals surface area contributed by atoms with E-state index in [0.29, 0.717) is 5.56 Å². The van der Waals surface area contributed by atoms with Gasteiger partial charge in [0.2, 0.25) is 0 Å². The minimum atomic E-state index is -2.98. The number of carbonyl (C=O) groups is 1. The fraction of sp³-hybridized carbons (Fsp3) is 0.158. The molecular weight excluding hydrogens is 377 g/mol. The Morgan fingerprint density at radius 2 is 1.93 bits per heavy atom. The quantitative estimate of drug-likeness (QED) is 0.569. The summed E-state index contributed by atoms with van der Waals surface area (Å²) in [5.41, 5.74) is 0.689. The highest BCUT2D eigenvalue weighted by Crippen LogP contribution is 2.29. The molecule has 146 valence electrons. The average Bonchev–Trinajstić information content (AvgIpc) is 3.17. The third kappa shape index (κ3) is 4.43. The van der Waals surface area contributed by atoms with Crippen LogP contribution in [0.25, 0.3) is 5.69 Å². The summed E-state index contributed by atoms with van der Waals surface area (Å²) in [7, 11) is 1.30. The van der Waals surface area contributed by atoms with E-state index in [1.54, 1.807) is 12.1 Å². The molecular formula is C19H15F3N2O4. The number of para-hydroxylation sites is 1. The lowest BCUT2D eigenvalue weighted by atomic mass is 10.2. The molecule has 0 saturated carbocycles. The van der Waals surface area contributed by atoms with Gasteiger partial charge >= 0.3 is 12.6 Å². The number of nitrogens with zero attached hydrogens (tertiary/aromatic N) is 2. The van der Waals surface area contributed by atoms with Crippen LogP contribution in [0.1, 0.15) is 16.1 Å². The van der Waals surface area contributed by atoms with Gasteiger partial charge < -0.3 is 14.2 Å². The molecule has 3 aromatic rings. The predicted molar refractivity (Wildman–Crippen MR) is 92.3 cm³/mol. The number of ether oxygens (including phenoxy) is 3. The van der Waals surface area contributed by atoms with Crippen molar-refractivity contribution < 1.29 is 32.2 Å². The molecule has 0 aliphatic carbocycles. The molecule has 28 heavy (non-hydrogen) atoms. The molecule has 0 saturated heterocycles. The minimum Gasteiger partial charge on any atom is -0.493 e. The van der Waals surface area contributed by atoms with Crippen molar-refractivity contribution in [3.05, 3.63) is 71.8 Å². The third-order valence-corrected chi connectivity index (χ3v) is 3.71. The van der Waals surface area contributed by atoms with Crippen molar-refractivity contribution in [2.45, 2.75) is 13.2 Å². The fourth-order valence-electron chi connectivity index (χ4n) is 2.42. The second kappa shape index (κ2) is 8.47. The molecule has 0 unspecified atom stereocenters. The van der Waals surface area contributed by atoms with Crippen LogP contribution in [0.4, 0.5) is 13.2 Å². The van der Waals surface area contributed by atoms with Crippen molar-refractivity contribution in [1.29, 1.82) is 0 Å². The predicted octanol–water partition coefficient (Wildman–Crippen LogP) is 3.98. The number of benzene rings is 2. The molecule has 0 bridgehead atoms. The molecule has 3 rings (SSSR count). The number of halogens is 3. The zero-order valence-electron chi connectivity index (χ0n) is 14.6. The molecule has 1 heterocycles. The Morgan fingerprint density at radius 1 is 1.14 bits per heavy atom. The third-order valence-electron chi connectivity index (χ3n) is 3.71. The topological polar surface area (TPSA) is 62.6 Å². The summed E-state index contributed by atoms with van der Waals surface area (Å²) < 4.78 is 54.2. The summed E-state index contributed by atoms with van der Waals surface area (Å²) in [6.45, 7) is -3.13. The highest BCUT2D eigenvalue weighted by atomic mass is 19.3. The van der Waals surface area contributed by atoms with E-state index in [-0.39, 0.29) is 29.5 Å². The summed E-state index contributed by atoms with van der Waals surface area (Å²) >= 11 is 0. The van der Waals surface area contributed by atoms with Crippen molar-refractivity contribution in [2.24, 2.45) is 0 Å². The zero-order valence-corrected chi connectivity index (χ0v) is 14.6. The maximum absolute atomic E-state index is 13.8. The molecule has 0 N–H and O–H groups in total. The van der Waals surface area contributed by atoms with Gasteiger partial charge in [-0.2, -0.15) is 13.9 Å². The van der Waals surface area contributed by atoms with Crippen LogP contribution in [0.2, 0.25) is 0 Å². The van der Waals surface area contributed by atoms with Gasteiger partial charge in [0.1, 0.15) is 18.1 Å². The Balaban J connectivity index is 1.67. The normalized spacial score (nSPS) is 10.8. The number of methoxy groups -OCH3 is 1. The van der Waals surface area contributed by atoms with Crippen LogP contribution in [0.15, 0.2) is 54.7 Å². The number of hydrogen-bond donors (Lipinski definition) is 0. The van der Waals surface area contributed by atoms with E-state index in [4.69, 9.17) is 9.47 Å². The Kier molecular flexibility index (Phi) is 5.83. The van der Waals surface area contributed by atoms with Crippen LogP contribution >= 0.6 is 0 Å². The Hall–Kier alpha value is -3.49. The van der Waals surface area contributed by atoms with Crippen LogP contribution in [-0.4, -0.2) is 29.5 Å². The number of carbonyl (C=O) groups excluding carboxylic acids is 1. The van der Waals surface area contributed by atoms with Crippen molar-refractivity contribution in [1.82, 2.24) is 9.78 Å². The van der Waals surface area contributed by atoms with Crippen molar-refractivity contribution >= 4 is 5.97 Å². The van der Waals surface area contributed by atoms with Gasteiger partial charge in [-0.15, -0.1) is 0 Å². The summed E-state index contributed by atoms with van der Waals surface area (Å²) in [6, 6.07) is 11.6. The minimum absolute atomic E-state index is 0.00660. The van der Waals surface area contributed by atoms with Gasteiger partial charge in [-0.3, -0.25) is 0 Å². The van der Waals surface area contributed by atoms with Gasteiger partial charge in [-0.1, -0.05) is 18.2 Å². The van der Waals surface area contributed by atoms with E-state index < -0.39 is 18.4 Å². The smallest absolute Gasteiger partial charge is 0.387 e. The molecule has 0 amide bonds. The average molecular weight is 392 g/mol. The number of rotatable bonds is 7. The molecule has 2 aromatic carbocycles. The highest BCUT2D eigenvalue weighted by molar-refractivity contribution is 5.87. The first-order valence-corrected chi connectivity index (χ1v) is 8.07. The molecule has 0 aliphatic rings. The molecule has 0 radical (unpaired) electrons. The maximum Gasteiger partial charge on any atom is 0.387 e. The second-order valence-corrected chi connectivity index (χ2v) is 5.54. The van der Waals surface area contributed by atoms with E-state index in [9.17, 15) is 18.0 Å². The number of hydrogen-bond acceptors (Lipinski definition) is 5. The lowest BCUT2D eigenvalue weighted by Crippen LogP contribution is -2.08. The maximum atomic E-state index is 13.8. The van der Waals surface area contributed by atoms with E-state index in [1.807, 2.05) is 0 Å². The van der Waals surface area contributed by atoms with Crippen molar-refractivity contribution in [2.75, 3.05) is 7.11 Å². The zero-order chi connectivity index (χ0) is 20.1. The highest BCUT2D eigenvalue weighted by Gasteiger charge is 2.15. The van der Waals surface area contributed by atoms with E-state index in [2.05, 4.69) is 9.84 Å². The van der Waals surface area contributed by atoms with Crippen LogP contribution < -0.4 is 9.47 Å². The fourth-order valence-corrected chi connectivity index (χ4v) is 2.42. The van der Waals surface area contributed by atoms with Crippen LogP contribution in [0, 0.1) is 5.82 Å². The number of alkyl halides is 2. The number of esters is 1. The van der Waals surface area contributed by atoms with E-state index >= 15 is 0 Å². The first-order valence-electron chi connectivity index (χ1n) is 8.07. The molecule has 0 spiro atoms. The van der Waals surface area contributed by atoms with Crippen molar-refractivity contribution in [3.63, 3.8) is 0 Å². The molecule has 0 atom stereocenters. The Morgan fingerprint density at radius 3 is 2.64 bits per heavy atom. The van der Waals surface area contributed by atoms with Crippen molar-refractivity contribution in [3.8, 4) is 17.2 Å². The summed E-state index contributed by atoms with van der Waals surface area (Å²) in [6.07, 6.45) is 1.44. The largest absolute Gasteiger partial charge is 0.493 e. The summed E-state index contributed by atoms with van der Waals surface area (Å²) in [5.74, 6) is -1.25. The standard InChI is InChI=1S/C19H15F3N2O4/c1-26-17-10-12(6-7-16(17)28-19(21)22)11-27-18(25)14-8-9-24(23-14)15-5-3-2-4-13(15)20/h2-10,19H,11H2,1H3.